The second kappa shape index (κ2) is 9.55. The number of nitrogens with zero attached hydrogens (tertiary/aromatic N) is 3. The minimum absolute atomic E-state index is 0.110. The van der Waals surface area contributed by atoms with Crippen LogP contribution in [-0.2, 0) is 6.42 Å². The normalized spacial score (nSPS) is 10.5. The van der Waals surface area contributed by atoms with E-state index < -0.39 is 0 Å². The van der Waals surface area contributed by atoms with Crippen LogP contribution in [0.1, 0.15) is 29.8 Å². The van der Waals surface area contributed by atoms with Gasteiger partial charge in [0.05, 0.1) is 18.9 Å². The first-order valence-corrected chi connectivity index (χ1v) is 9.33. The molecule has 0 spiro atoms. The van der Waals surface area contributed by atoms with Gasteiger partial charge in [0.15, 0.2) is 11.5 Å². The molecule has 0 unspecified atom stereocenters. The standard InChI is InChI=1S/C21H24N4O3/c1-3-27-19-10-5-16(13-20(19)28-4-2)11-12-23-21(26)17-6-8-18(9-7-17)25-15-22-14-24-25/h5-10,13-15H,3-4,11-12H2,1-2H3,(H,23,26). The summed E-state index contributed by atoms with van der Waals surface area (Å²) in [5, 5.41) is 7.02. The third kappa shape index (κ3) is 4.88. The number of rotatable bonds is 9. The summed E-state index contributed by atoms with van der Waals surface area (Å²) in [5.74, 6) is 1.36. The van der Waals surface area contributed by atoms with Crippen LogP contribution >= 0.6 is 0 Å². The minimum Gasteiger partial charge on any atom is -0.490 e. The van der Waals surface area contributed by atoms with Crippen LogP contribution in [0.3, 0.4) is 0 Å². The van der Waals surface area contributed by atoms with E-state index in [0.717, 1.165) is 22.7 Å². The highest BCUT2D eigenvalue weighted by molar-refractivity contribution is 5.94. The molecular weight excluding hydrogens is 356 g/mol. The molecule has 0 aliphatic heterocycles. The fraction of sp³-hybridized carbons (Fsp3) is 0.286. The van der Waals surface area contributed by atoms with Gasteiger partial charge in [-0.05, 0) is 62.2 Å². The van der Waals surface area contributed by atoms with Crippen LogP contribution in [0.5, 0.6) is 11.5 Å². The summed E-state index contributed by atoms with van der Waals surface area (Å²) in [6.07, 6.45) is 3.79. The molecule has 0 bridgehead atoms. The van der Waals surface area contributed by atoms with Crippen LogP contribution in [0.2, 0.25) is 0 Å². The Morgan fingerprint density at radius 2 is 1.79 bits per heavy atom. The van der Waals surface area contributed by atoms with Gasteiger partial charge in [0.1, 0.15) is 12.7 Å². The van der Waals surface area contributed by atoms with Crippen LogP contribution in [-0.4, -0.2) is 40.4 Å². The fourth-order valence-electron chi connectivity index (χ4n) is 2.78. The van der Waals surface area contributed by atoms with Gasteiger partial charge < -0.3 is 14.8 Å². The Kier molecular flexibility index (Phi) is 6.62. The van der Waals surface area contributed by atoms with Gasteiger partial charge >= 0.3 is 0 Å². The molecular formula is C21H24N4O3. The van der Waals surface area contributed by atoms with Gasteiger partial charge in [-0.2, -0.15) is 5.10 Å². The number of ether oxygens (including phenoxy) is 2. The molecule has 0 atom stereocenters. The molecule has 1 N–H and O–H groups in total. The largest absolute Gasteiger partial charge is 0.490 e. The predicted molar refractivity (Wildman–Crippen MR) is 106 cm³/mol. The van der Waals surface area contributed by atoms with Crippen molar-refractivity contribution in [1.82, 2.24) is 20.1 Å². The topological polar surface area (TPSA) is 78.3 Å². The average Bonchev–Trinajstić information content (AvgIpc) is 3.25. The predicted octanol–water partition coefficient (Wildman–Crippen LogP) is 3.04. The van der Waals surface area contributed by atoms with Crippen molar-refractivity contribution < 1.29 is 14.3 Å². The lowest BCUT2D eigenvalue weighted by Crippen LogP contribution is -2.25. The maximum absolute atomic E-state index is 12.4. The van der Waals surface area contributed by atoms with Crippen molar-refractivity contribution in [2.45, 2.75) is 20.3 Å². The lowest BCUT2D eigenvalue weighted by molar-refractivity contribution is 0.0954. The third-order valence-corrected chi connectivity index (χ3v) is 4.12. The first-order chi connectivity index (χ1) is 13.7. The molecule has 2 aromatic carbocycles. The van der Waals surface area contributed by atoms with Crippen LogP contribution < -0.4 is 14.8 Å². The third-order valence-electron chi connectivity index (χ3n) is 4.12. The molecule has 1 amide bonds. The highest BCUT2D eigenvalue weighted by Gasteiger charge is 2.08. The van der Waals surface area contributed by atoms with Crippen molar-refractivity contribution in [3.05, 3.63) is 66.2 Å². The quantitative estimate of drug-likeness (QED) is 0.617. The summed E-state index contributed by atoms with van der Waals surface area (Å²) in [4.78, 5) is 16.3. The van der Waals surface area contributed by atoms with E-state index in [1.807, 2.05) is 44.2 Å². The highest BCUT2D eigenvalue weighted by atomic mass is 16.5. The molecule has 7 nitrogen and oxygen atoms in total. The highest BCUT2D eigenvalue weighted by Crippen LogP contribution is 2.28. The van der Waals surface area contributed by atoms with Gasteiger partial charge in [0.25, 0.3) is 5.91 Å². The Morgan fingerprint density at radius 3 is 2.46 bits per heavy atom. The molecule has 0 fully saturated rings. The van der Waals surface area contributed by atoms with Gasteiger partial charge in [-0.25, -0.2) is 9.67 Å². The van der Waals surface area contributed by atoms with Crippen LogP contribution in [0, 0.1) is 0 Å². The molecule has 0 saturated carbocycles. The zero-order chi connectivity index (χ0) is 19.8. The van der Waals surface area contributed by atoms with Crippen molar-refractivity contribution in [3.63, 3.8) is 0 Å². The molecule has 1 aromatic heterocycles. The van der Waals surface area contributed by atoms with Gasteiger partial charge in [-0.1, -0.05) is 6.07 Å². The smallest absolute Gasteiger partial charge is 0.251 e. The van der Waals surface area contributed by atoms with Crippen molar-refractivity contribution in [1.29, 1.82) is 0 Å². The number of benzene rings is 2. The minimum atomic E-state index is -0.110. The number of carbonyl (C=O) groups is 1. The first-order valence-electron chi connectivity index (χ1n) is 9.33. The van der Waals surface area contributed by atoms with Crippen LogP contribution in [0.4, 0.5) is 0 Å². The molecule has 3 rings (SSSR count). The second-order valence-electron chi connectivity index (χ2n) is 6.04. The Hall–Kier alpha value is -3.35. The van der Waals surface area contributed by atoms with Crippen molar-refractivity contribution >= 4 is 5.91 Å². The Labute approximate surface area is 164 Å². The van der Waals surface area contributed by atoms with Crippen molar-refractivity contribution in [2.24, 2.45) is 0 Å². The van der Waals surface area contributed by atoms with E-state index in [4.69, 9.17) is 9.47 Å². The number of amides is 1. The molecule has 0 radical (unpaired) electrons. The van der Waals surface area contributed by atoms with Gasteiger partial charge in [0, 0.05) is 12.1 Å². The number of hydrogen-bond acceptors (Lipinski definition) is 5. The van der Waals surface area contributed by atoms with E-state index in [2.05, 4.69) is 15.4 Å². The average molecular weight is 380 g/mol. The molecule has 0 saturated heterocycles. The fourth-order valence-corrected chi connectivity index (χ4v) is 2.78. The maximum Gasteiger partial charge on any atom is 0.251 e. The summed E-state index contributed by atoms with van der Waals surface area (Å²) < 4.78 is 12.9. The lowest BCUT2D eigenvalue weighted by Gasteiger charge is -2.12. The molecule has 7 heteroatoms. The lowest BCUT2D eigenvalue weighted by atomic mass is 10.1. The zero-order valence-electron chi connectivity index (χ0n) is 16.1. The monoisotopic (exact) mass is 380 g/mol. The van der Waals surface area contributed by atoms with E-state index in [1.165, 1.54) is 6.33 Å². The number of nitrogens with one attached hydrogen (secondary N) is 1. The van der Waals surface area contributed by atoms with Crippen molar-refractivity contribution in [3.8, 4) is 17.2 Å². The van der Waals surface area contributed by atoms with E-state index in [9.17, 15) is 4.79 Å². The summed E-state index contributed by atoms with van der Waals surface area (Å²) in [6.45, 7) is 5.58. The zero-order valence-corrected chi connectivity index (χ0v) is 16.1. The van der Waals surface area contributed by atoms with Crippen LogP contribution in [0.15, 0.2) is 55.1 Å². The summed E-state index contributed by atoms with van der Waals surface area (Å²) in [5.41, 5.74) is 2.53. The van der Waals surface area contributed by atoms with E-state index >= 15 is 0 Å². The Bertz CT molecular complexity index is 893. The molecule has 3 aromatic rings. The summed E-state index contributed by atoms with van der Waals surface area (Å²) in [7, 11) is 0. The summed E-state index contributed by atoms with van der Waals surface area (Å²) in [6, 6.07) is 13.1. The maximum atomic E-state index is 12.4. The number of aromatic nitrogens is 3. The van der Waals surface area contributed by atoms with E-state index in [1.54, 1.807) is 23.1 Å². The van der Waals surface area contributed by atoms with Crippen LogP contribution in [0.25, 0.3) is 5.69 Å². The first kappa shape index (κ1) is 19.4. The van der Waals surface area contributed by atoms with Gasteiger partial charge in [0.2, 0.25) is 0 Å². The van der Waals surface area contributed by atoms with E-state index in [-0.39, 0.29) is 5.91 Å². The van der Waals surface area contributed by atoms with Gasteiger partial charge in [-0.3, -0.25) is 4.79 Å². The Balaban J connectivity index is 1.55. The second-order valence-corrected chi connectivity index (χ2v) is 6.04. The number of carbonyl (C=O) groups excluding carboxylic acids is 1. The van der Waals surface area contributed by atoms with E-state index in [0.29, 0.717) is 31.7 Å². The van der Waals surface area contributed by atoms with Crippen molar-refractivity contribution in [2.75, 3.05) is 19.8 Å². The molecule has 146 valence electrons. The molecule has 28 heavy (non-hydrogen) atoms. The SMILES string of the molecule is CCOc1ccc(CCNC(=O)c2ccc(-n3cncn3)cc2)cc1OCC. The molecule has 0 aliphatic rings. The molecule has 0 aliphatic carbocycles. The molecule has 1 heterocycles. The summed E-state index contributed by atoms with van der Waals surface area (Å²) >= 11 is 0. The number of hydrogen-bond donors (Lipinski definition) is 1. The Morgan fingerprint density at radius 1 is 1.04 bits per heavy atom. The van der Waals surface area contributed by atoms with Gasteiger partial charge in [-0.15, -0.1) is 0 Å².